The second kappa shape index (κ2) is 5.87. The summed E-state index contributed by atoms with van der Waals surface area (Å²) in [6.45, 7) is 0.197. The van der Waals surface area contributed by atoms with Gasteiger partial charge in [0, 0.05) is 6.07 Å². The smallest absolute Gasteiger partial charge is 0.144 e. The van der Waals surface area contributed by atoms with Crippen LogP contribution in [0.25, 0.3) is 0 Å². The van der Waals surface area contributed by atoms with Crippen molar-refractivity contribution < 1.29 is 9.13 Å². The van der Waals surface area contributed by atoms with Gasteiger partial charge in [-0.25, -0.2) is 4.39 Å². The van der Waals surface area contributed by atoms with Gasteiger partial charge in [-0.1, -0.05) is 40.9 Å². The highest BCUT2D eigenvalue weighted by Crippen LogP contribution is 2.32. The highest BCUT2D eigenvalue weighted by atomic mass is 35.5. The predicted octanol–water partition coefficient (Wildman–Crippen LogP) is 4.95. The van der Waals surface area contributed by atoms with E-state index in [9.17, 15) is 4.39 Å². The largest absolute Gasteiger partial charge is 0.487 e. The van der Waals surface area contributed by atoms with Crippen molar-refractivity contribution in [2.45, 2.75) is 6.61 Å². The summed E-state index contributed by atoms with van der Waals surface area (Å²) in [4.78, 5) is 0. The van der Waals surface area contributed by atoms with Crippen molar-refractivity contribution >= 4 is 40.5 Å². The lowest BCUT2D eigenvalue weighted by atomic mass is 10.2. The molecule has 0 spiro atoms. The molecule has 0 fully saturated rings. The van der Waals surface area contributed by atoms with Crippen molar-refractivity contribution in [1.29, 1.82) is 0 Å². The van der Waals surface area contributed by atoms with Gasteiger partial charge in [0.1, 0.15) is 18.2 Å². The Balaban J connectivity index is 2.14. The van der Waals surface area contributed by atoms with E-state index in [1.165, 1.54) is 24.3 Å². The van der Waals surface area contributed by atoms with Gasteiger partial charge in [0.05, 0.1) is 20.8 Å². The van der Waals surface area contributed by atoms with Crippen molar-refractivity contribution in [3.63, 3.8) is 0 Å². The average Bonchev–Trinajstić information content (AvgIpc) is 2.36. The third-order valence-electron chi connectivity index (χ3n) is 2.43. The Morgan fingerprint density at radius 2 is 1.68 bits per heavy atom. The number of anilines is 1. The molecule has 0 radical (unpaired) electrons. The molecule has 2 nitrogen and oxygen atoms in total. The number of nitrogens with two attached hydrogens (primary N) is 1. The molecule has 0 aliphatic rings. The van der Waals surface area contributed by atoms with E-state index in [1.807, 2.05) is 0 Å². The van der Waals surface area contributed by atoms with E-state index in [0.717, 1.165) is 5.56 Å². The summed E-state index contributed by atoms with van der Waals surface area (Å²) >= 11 is 17.4. The first-order valence-corrected chi connectivity index (χ1v) is 6.42. The second-order valence-corrected chi connectivity index (χ2v) is 5.06. The van der Waals surface area contributed by atoms with Crippen LogP contribution in [0.1, 0.15) is 5.56 Å². The molecule has 0 bridgehead atoms. The molecule has 19 heavy (non-hydrogen) atoms. The Morgan fingerprint density at radius 3 is 2.37 bits per heavy atom. The molecule has 0 aliphatic carbocycles. The van der Waals surface area contributed by atoms with E-state index in [2.05, 4.69) is 0 Å². The molecule has 2 aromatic carbocycles. The van der Waals surface area contributed by atoms with Crippen LogP contribution < -0.4 is 10.5 Å². The zero-order chi connectivity index (χ0) is 14.0. The van der Waals surface area contributed by atoms with Crippen LogP contribution >= 0.6 is 34.8 Å². The van der Waals surface area contributed by atoms with Gasteiger partial charge in [0.15, 0.2) is 0 Å². The first-order valence-electron chi connectivity index (χ1n) is 5.28. The van der Waals surface area contributed by atoms with E-state index in [4.69, 9.17) is 45.3 Å². The van der Waals surface area contributed by atoms with Crippen molar-refractivity contribution in [2.24, 2.45) is 0 Å². The Hall–Kier alpha value is -1.16. The minimum absolute atomic E-state index is 0.0446. The molecule has 0 atom stereocenters. The third kappa shape index (κ3) is 3.44. The Bertz CT molecular complexity index is 619. The monoisotopic (exact) mass is 319 g/mol. The second-order valence-electron chi connectivity index (χ2n) is 3.84. The molecule has 0 aliphatic heterocycles. The summed E-state index contributed by atoms with van der Waals surface area (Å²) in [5, 5.41) is 0.752. The van der Waals surface area contributed by atoms with E-state index in [1.54, 1.807) is 6.07 Å². The lowest BCUT2D eigenvalue weighted by molar-refractivity contribution is 0.308. The molecule has 0 heterocycles. The number of rotatable bonds is 3. The van der Waals surface area contributed by atoms with Crippen molar-refractivity contribution in [2.75, 3.05) is 5.73 Å². The lowest BCUT2D eigenvalue weighted by Crippen LogP contribution is -1.99. The van der Waals surface area contributed by atoms with Crippen LogP contribution in [0.2, 0.25) is 15.1 Å². The summed E-state index contributed by atoms with van der Waals surface area (Å²) in [6.07, 6.45) is 0. The summed E-state index contributed by atoms with van der Waals surface area (Å²) < 4.78 is 18.5. The summed E-state index contributed by atoms with van der Waals surface area (Å²) in [5.74, 6) is -0.0608. The maximum absolute atomic E-state index is 13.0. The van der Waals surface area contributed by atoms with Gasteiger partial charge in [-0.2, -0.15) is 0 Å². The summed E-state index contributed by atoms with van der Waals surface area (Å²) in [7, 11) is 0. The van der Waals surface area contributed by atoms with Gasteiger partial charge in [0.2, 0.25) is 0 Å². The SMILES string of the molecule is Nc1cc(Cl)c(Cl)cc1OCc1ccc(F)c(Cl)c1. The van der Waals surface area contributed by atoms with Gasteiger partial charge in [-0.15, -0.1) is 0 Å². The molecule has 0 saturated carbocycles. The standard InChI is InChI=1S/C13H9Cl3FNO/c14-8-4-12(18)13(5-9(8)15)19-6-7-1-2-11(17)10(16)3-7/h1-5H,6,18H2. The van der Waals surface area contributed by atoms with Crippen LogP contribution in [-0.2, 0) is 6.61 Å². The Kier molecular flexibility index (Phi) is 4.40. The van der Waals surface area contributed by atoms with Gasteiger partial charge >= 0.3 is 0 Å². The topological polar surface area (TPSA) is 35.2 Å². The van der Waals surface area contributed by atoms with E-state index in [-0.39, 0.29) is 11.6 Å². The molecule has 0 amide bonds. The quantitative estimate of drug-likeness (QED) is 0.812. The first kappa shape index (κ1) is 14.3. The number of hydrogen-bond acceptors (Lipinski definition) is 2. The molecule has 0 saturated heterocycles. The van der Waals surface area contributed by atoms with Gasteiger partial charge in [-0.3, -0.25) is 0 Å². The fourth-order valence-electron chi connectivity index (χ4n) is 1.46. The zero-order valence-electron chi connectivity index (χ0n) is 9.59. The van der Waals surface area contributed by atoms with E-state index in [0.29, 0.717) is 21.5 Å². The van der Waals surface area contributed by atoms with Crippen LogP contribution in [0, 0.1) is 5.82 Å². The molecule has 2 N–H and O–H groups in total. The van der Waals surface area contributed by atoms with E-state index < -0.39 is 5.82 Å². The van der Waals surface area contributed by atoms with Crippen molar-refractivity contribution in [3.05, 3.63) is 56.8 Å². The number of benzene rings is 2. The molecule has 100 valence electrons. The Labute approximate surface area is 124 Å². The predicted molar refractivity (Wildman–Crippen MR) is 76.6 cm³/mol. The third-order valence-corrected chi connectivity index (χ3v) is 3.44. The fourth-order valence-corrected chi connectivity index (χ4v) is 1.99. The number of hydrogen-bond donors (Lipinski definition) is 1. The van der Waals surface area contributed by atoms with Crippen LogP contribution in [0.15, 0.2) is 30.3 Å². The lowest BCUT2D eigenvalue weighted by Gasteiger charge is -2.10. The number of halogens is 4. The fraction of sp³-hybridized carbons (Fsp3) is 0.0769. The number of ether oxygens (including phenoxy) is 1. The average molecular weight is 321 g/mol. The summed E-state index contributed by atoms with van der Waals surface area (Å²) in [5.41, 5.74) is 6.85. The van der Waals surface area contributed by atoms with Crippen LogP contribution in [-0.4, -0.2) is 0 Å². The molecule has 2 rings (SSSR count). The normalized spacial score (nSPS) is 10.5. The minimum atomic E-state index is -0.473. The maximum Gasteiger partial charge on any atom is 0.144 e. The minimum Gasteiger partial charge on any atom is -0.487 e. The zero-order valence-corrected chi connectivity index (χ0v) is 11.9. The molecule has 2 aromatic rings. The van der Waals surface area contributed by atoms with Crippen molar-refractivity contribution in [1.82, 2.24) is 0 Å². The molecule has 0 aromatic heterocycles. The summed E-state index contributed by atoms with van der Waals surface area (Å²) in [6, 6.07) is 7.39. The first-order chi connectivity index (χ1) is 8.97. The molecule has 0 unspecified atom stereocenters. The number of nitrogen functional groups attached to an aromatic ring is 1. The molecular formula is C13H9Cl3FNO. The highest BCUT2D eigenvalue weighted by Gasteiger charge is 2.07. The van der Waals surface area contributed by atoms with Gasteiger partial charge in [0.25, 0.3) is 0 Å². The van der Waals surface area contributed by atoms with Crippen LogP contribution in [0.4, 0.5) is 10.1 Å². The van der Waals surface area contributed by atoms with Crippen LogP contribution in [0.3, 0.4) is 0 Å². The highest BCUT2D eigenvalue weighted by molar-refractivity contribution is 6.42. The van der Waals surface area contributed by atoms with Crippen molar-refractivity contribution in [3.8, 4) is 5.75 Å². The Morgan fingerprint density at radius 1 is 1.00 bits per heavy atom. The van der Waals surface area contributed by atoms with Gasteiger partial charge < -0.3 is 10.5 Å². The molecule has 6 heteroatoms. The van der Waals surface area contributed by atoms with E-state index >= 15 is 0 Å². The maximum atomic E-state index is 13.0. The van der Waals surface area contributed by atoms with Gasteiger partial charge in [-0.05, 0) is 23.8 Å². The van der Waals surface area contributed by atoms with Crippen LogP contribution in [0.5, 0.6) is 5.75 Å². The molecular weight excluding hydrogens is 312 g/mol.